The van der Waals surface area contributed by atoms with E-state index in [1.165, 1.54) is 11.2 Å². The molecular weight excluding hydrogens is 447 g/mol. The molecule has 1 amide bonds. The van der Waals surface area contributed by atoms with Crippen LogP contribution in [-0.4, -0.2) is 62.0 Å². The van der Waals surface area contributed by atoms with E-state index in [2.05, 4.69) is 5.32 Å². The highest BCUT2D eigenvalue weighted by Gasteiger charge is 2.32. The van der Waals surface area contributed by atoms with Crippen molar-refractivity contribution in [1.82, 2.24) is 9.21 Å². The SMILES string of the molecule is CC(=O)c1ccc(NC(=O)CN2CCN(S(=O)(=O)c3ccc(C(F)(F)F)cc3)CC2)cc1. The molecule has 11 heteroatoms. The van der Waals surface area contributed by atoms with Gasteiger partial charge in [-0.05, 0) is 55.5 Å². The maximum absolute atomic E-state index is 12.7. The molecule has 1 aliphatic rings. The van der Waals surface area contributed by atoms with Crippen LogP contribution in [0.5, 0.6) is 0 Å². The zero-order valence-electron chi connectivity index (χ0n) is 17.2. The Balaban J connectivity index is 1.53. The van der Waals surface area contributed by atoms with E-state index in [9.17, 15) is 31.2 Å². The zero-order valence-corrected chi connectivity index (χ0v) is 18.0. The summed E-state index contributed by atoms with van der Waals surface area (Å²) >= 11 is 0. The summed E-state index contributed by atoms with van der Waals surface area (Å²) in [6.45, 7) is 2.34. The number of Topliss-reactive ketones (excluding diaryl/α,β-unsaturated/α-hetero) is 1. The number of piperazine rings is 1. The van der Waals surface area contributed by atoms with Gasteiger partial charge in [0.25, 0.3) is 0 Å². The van der Waals surface area contributed by atoms with Crippen LogP contribution < -0.4 is 5.32 Å². The molecule has 1 saturated heterocycles. The van der Waals surface area contributed by atoms with E-state index < -0.39 is 21.8 Å². The van der Waals surface area contributed by atoms with Crippen molar-refractivity contribution < 1.29 is 31.2 Å². The minimum absolute atomic E-state index is 0.0582. The first-order valence-corrected chi connectivity index (χ1v) is 11.2. The number of hydrogen-bond donors (Lipinski definition) is 1. The largest absolute Gasteiger partial charge is 0.416 e. The molecule has 0 aliphatic carbocycles. The lowest BCUT2D eigenvalue weighted by atomic mass is 10.1. The van der Waals surface area contributed by atoms with Crippen LogP contribution in [0.3, 0.4) is 0 Å². The molecule has 32 heavy (non-hydrogen) atoms. The van der Waals surface area contributed by atoms with Crippen molar-refractivity contribution in [2.75, 3.05) is 38.0 Å². The average Bonchev–Trinajstić information content (AvgIpc) is 2.74. The predicted molar refractivity (Wildman–Crippen MR) is 112 cm³/mol. The Labute approximate surface area is 183 Å². The number of anilines is 1. The zero-order chi connectivity index (χ0) is 23.5. The maximum atomic E-state index is 12.7. The molecule has 172 valence electrons. The van der Waals surface area contributed by atoms with E-state index in [4.69, 9.17) is 0 Å². The van der Waals surface area contributed by atoms with Crippen LogP contribution in [0.4, 0.5) is 18.9 Å². The Hall–Kier alpha value is -2.76. The van der Waals surface area contributed by atoms with E-state index in [1.54, 1.807) is 29.2 Å². The summed E-state index contributed by atoms with van der Waals surface area (Å²) in [5.41, 5.74) is 0.167. The molecular formula is C21H22F3N3O4S. The lowest BCUT2D eigenvalue weighted by molar-refractivity contribution is -0.137. The molecule has 1 heterocycles. The number of hydrogen-bond acceptors (Lipinski definition) is 5. The van der Waals surface area contributed by atoms with E-state index in [0.29, 0.717) is 24.3 Å². The Morgan fingerprint density at radius 1 is 0.938 bits per heavy atom. The van der Waals surface area contributed by atoms with E-state index in [1.807, 2.05) is 0 Å². The van der Waals surface area contributed by atoms with Crippen LogP contribution in [0.25, 0.3) is 0 Å². The van der Waals surface area contributed by atoms with Gasteiger partial charge in [-0.2, -0.15) is 17.5 Å². The molecule has 0 unspecified atom stereocenters. The topological polar surface area (TPSA) is 86.8 Å². The van der Waals surface area contributed by atoms with Gasteiger partial charge in [0, 0.05) is 37.4 Å². The van der Waals surface area contributed by atoms with Gasteiger partial charge in [-0.1, -0.05) is 0 Å². The fourth-order valence-corrected chi connectivity index (χ4v) is 4.71. The van der Waals surface area contributed by atoms with Crippen LogP contribution >= 0.6 is 0 Å². The van der Waals surface area contributed by atoms with E-state index in [-0.39, 0.29) is 36.2 Å². The second-order valence-corrected chi connectivity index (χ2v) is 9.32. The summed E-state index contributed by atoms with van der Waals surface area (Å²) in [6, 6.07) is 9.88. The summed E-state index contributed by atoms with van der Waals surface area (Å²) in [5, 5.41) is 2.72. The van der Waals surface area contributed by atoms with Crippen LogP contribution in [0.1, 0.15) is 22.8 Å². The van der Waals surface area contributed by atoms with Crippen molar-refractivity contribution in [2.24, 2.45) is 0 Å². The second kappa shape index (κ2) is 9.39. The third-order valence-electron chi connectivity index (χ3n) is 5.09. The highest BCUT2D eigenvalue weighted by atomic mass is 32.2. The highest BCUT2D eigenvalue weighted by Crippen LogP contribution is 2.30. The molecule has 0 saturated carbocycles. The van der Waals surface area contributed by atoms with Gasteiger partial charge in [0.05, 0.1) is 17.0 Å². The summed E-state index contributed by atoms with van der Waals surface area (Å²) < 4.78 is 64.7. The number of ketones is 1. The fourth-order valence-electron chi connectivity index (χ4n) is 3.28. The quantitative estimate of drug-likeness (QED) is 0.658. The van der Waals surface area contributed by atoms with E-state index in [0.717, 1.165) is 24.3 Å². The Kier molecular flexibility index (Phi) is 7.01. The van der Waals surface area contributed by atoms with Gasteiger partial charge in [-0.15, -0.1) is 0 Å². The number of nitrogens with one attached hydrogen (secondary N) is 1. The summed E-state index contributed by atoms with van der Waals surface area (Å²) in [7, 11) is -3.92. The van der Waals surface area contributed by atoms with Gasteiger partial charge >= 0.3 is 6.18 Å². The fraction of sp³-hybridized carbons (Fsp3) is 0.333. The summed E-state index contributed by atoms with van der Waals surface area (Å²) in [5.74, 6) is -0.355. The number of benzene rings is 2. The van der Waals surface area contributed by atoms with Crippen LogP contribution in [0.2, 0.25) is 0 Å². The number of rotatable bonds is 6. The Morgan fingerprint density at radius 2 is 1.50 bits per heavy atom. The second-order valence-electron chi connectivity index (χ2n) is 7.38. The van der Waals surface area contributed by atoms with Crippen molar-refractivity contribution in [3.63, 3.8) is 0 Å². The minimum Gasteiger partial charge on any atom is -0.325 e. The molecule has 1 aliphatic heterocycles. The summed E-state index contributed by atoms with van der Waals surface area (Å²) in [6.07, 6.45) is -4.54. The van der Waals surface area contributed by atoms with Crippen LogP contribution in [0.15, 0.2) is 53.4 Å². The molecule has 0 atom stereocenters. The molecule has 1 N–H and O–H groups in total. The highest BCUT2D eigenvalue weighted by molar-refractivity contribution is 7.89. The number of carbonyl (C=O) groups is 2. The molecule has 3 rings (SSSR count). The third kappa shape index (κ3) is 5.72. The molecule has 7 nitrogen and oxygen atoms in total. The normalized spacial score (nSPS) is 16.0. The molecule has 0 aromatic heterocycles. The average molecular weight is 469 g/mol. The standard InChI is InChI=1S/C21H22F3N3O4S/c1-15(28)16-2-6-18(7-3-16)25-20(29)14-26-10-12-27(13-11-26)32(30,31)19-8-4-17(5-9-19)21(22,23)24/h2-9H,10-14H2,1H3,(H,25,29). The van der Waals surface area contributed by atoms with Gasteiger partial charge < -0.3 is 5.32 Å². The molecule has 0 spiro atoms. The monoisotopic (exact) mass is 469 g/mol. The molecule has 0 radical (unpaired) electrons. The third-order valence-corrected chi connectivity index (χ3v) is 7.01. The predicted octanol–water partition coefficient (Wildman–Crippen LogP) is 2.85. The first-order chi connectivity index (χ1) is 15.0. The lowest BCUT2D eigenvalue weighted by Gasteiger charge is -2.33. The van der Waals surface area contributed by atoms with Crippen LogP contribution in [0, 0.1) is 0 Å². The van der Waals surface area contributed by atoms with Gasteiger partial charge in [0.1, 0.15) is 0 Å². The van der Waals surface area contributed by atoms with Gasteiger partial charge in [-0.3, -0.25) is 14.5 Å². The van der Waals surface area contributed by atoms with Crippen LogP contribution in [-0.2, 0) is 21.0 Å². The first-order valence-electron chi connectivity index (χ1n) is 9.77. The van der Waals surface area contributed by atoms with Gasteiger partial charge in [0.2, 0.25) is 15.9 Å². The van der Waals surface area contributed by atoms with Gasteiger partial charge in [-0.25, -0.2) is 8.42 Å². The number of nitrogens with zero attached hydrogens (tertiary/aromatic N) is 2. The molecule has 2 aromatic rings. The Bertz CT molecular complexity index is 1080. The number of carbonyl (C=O) groups excluding carboxylic acids is 2. The minimum atomic E-state index is -4.54. The number of sulfonamides is 1. The van der Waals surface area contributed by atoms with Crippen molar-refractivity contribution in [2.45, 2.75) is 18.0 Å². The first kappa shape index (κ1) is 23.9. The number of halogens is 3. The molecule has 2 aromatic carbocycles. The van der Waals surface area contributed by atoms with E-state index >= 15 is 0 Å². The van der Waals surface area contributed by atoms with Crippen molar-refractivity contribution in [1.29, 1.82) is 0 Å². The molecule has 0 bridgehead atoms. The van der Waals surface area contributed by atoms with Crippen molar-refractivity contribution >= 4 is 27.4 Å². The maximum Gasteiger partial charge on any atom is 0.416 e. The Morgan fingerprint density at radius 3 is 2.00 bits per heavy atom. The smallest absolute Gasteiger partial charge is 0.325 e. The van der Waals surface area contributed by atoms with Crippen molar-refractivity contribution in [3.05, 3.63) is 59.7 Å². The number of amides is 1. The molecule has 1 fully saturated rings. The number of alkyl halides is 3. The van der Waals surface area contributed by atoms with Gasteiger partial charge in [0.15, 0.2) is 5.78 Å². The lowest BCUT2D eigenvalue weighted by Crippen LogP contribution is -2.50. The van der Waals surface area contributed by atoms with Crippen molar-refractivity contribution in [3.8, 4) is 0 Å². The summed E-state index contributed by atoms with van der Waals surface area (Å²) in [4.78, 5) is 25.2.